The zero-order valence-corrected chi connectivity index (χ0v) is 12.3. The van der Waals surface area contributed by atoms with Gasteiger partial charge in [0.05, 0.1) is 0 Å². The first-order valence-corrected chi connectivity index (χ1v) is 7.03. The highest BCUT2D eigenvalue weighted by molar-refractivity contribution is 7.17. The molecule has 2 rings (SSSR count). The van der Waals surface area contributed by atoms with E-state index in [0.29, 0.717) is 17.4 Å². The number of carbonyl (C=O) groups excluding carboxylic acids is 1. The van der Waals surface area contributed by atoms with Crippen molar-refractivity contribution in [3.05, 3.63) is 40.7 Å². The Hall–Kier alpha value is -2.28. The summed E-state index contributed by atoms with van der Waals surface area (Å²) in [5.74, 6) is -1.94. The summed E-state index contributed by atoms with van der Waals surface area (Å²) in [6.45, 7) is 3.67. The summed E-state index contributed by atoms with van der Waals surface area (Å²) in [5.41, 5.74) is 0.433. The van der Waals surface area contributed by atoms with Crippen LogP contribution in [0.4, 0.5) is 15.2 Å². The molecule has 110 valence electrons. The number of nitrogens with zero attached hydrogens (tertiary/aromatic N) is 2. The lowest BCUT2D eigenvalue weighted by molar-refractivity contribution is 0.0687. The molecule has 0 spiro atoms. The molecule has 2 aromatic rings. The second-order valence-corrected chi connectivity index (χ2v) is 5.23. The van der Waals surface area contributed by atoms with Crippen molar-refractivity contribution in [3.8, 4) is 0 Å². The van der Waals surface area contributed by atoms with Crippen molar-refractivity contribution in [3.63, 3.8) is 0 Å². The average molecular weight is 308 g/mol. The molecule has 1 aromatic heterocycles. The van der Waals surface area contributed by atoms with Crippen LogP contribution in [0.2, 0.25) is 0 Å². The van der Waals surface area contributed by atoms with Gasteiger partial charge in [-0.2, -0.15) is 0 Å². The van der Waals surface area contributed by atoms with Gasteiger partial charge in [0.25, 0.3) is 0 Å². The molecule has 0 bridgehead atoms. The van der Waals surface area contributed by atoms with Gasteiger partial charge < -0.3 is 10.0 Å². The summed E-state index contributed by atoms with van der Waals surface area (Å²) >= 11 is 1.02. The van der Waals surface area contributed by atoms with Crippen molar-refractivity contribution in [2.75, 3.05) is 11.4 Å². The fourth-order valence-electron chi connectivity index (χ4n) is 1.86. The summed E-state index contributed by atoms with van der Waals surface area (Å²) in [6.07, 6.45) is 0. The molecule has 1 aromatic carbocycles. The third kappa shape index (κ3) is 3.08. The van der Waals surface area contributed by atoms with Crippen LogP contribution in [0.1, 0.15) is 34.0 Å². The number of ketones is 1. The van der Waals surface area contributed by atoms with Crippen molar-refractivity contribution in [1.29, 1.82) is 0 Å². The van der Waals surface area contributed by atoms with Crippen molar-refractivity contribution < 1.29 is 19.1 Å². The first kappa shape index (κ1) is 15.1. The maximum absolute atomic E-state index is 13.0. The van der Waals surface area contributed by atoms with Crippen LogP contribution < -0.4 is 4.90 Å². The predicted octanol–water partition coefficient (Wildman–Crippen LogP) is 3.34. The molecule has 0 atom stereocenters. The minimum absolute atomic E-state index is 0.109. The van der Waals surface area contributed by atoms with Crippen molar-refractivity contribution in [2.24, 2.45) is 0 Å². The van der Waals surface area contributed by atoms with Gasteiger partial charge in [-0.05, 0) is 31.2 Å². The van der Waals surface area contributed by atoms with E-state index in [0.717, 1.165) is 11.3 Å². The van der Waals surface area contributed by atoms with Crippen LogP contribution >= 0.6 is 11.3 Å². The molecular formula is C14H13FN2O3S. The van der Waals surface area contributed by atoms with Gasteiger partial charge in [0.1, 0.15) is 10.7 Å². The molecule has 7 heteroatoms. The summed E-state index contributed by atoms with van der Waals surface area (Å²) in [7, 11) is 0. The predicted molar refractivity (Wildman–Crippen MR) is 78.2 cm³/mol. The van der Waals surface area contributed by atoms with Crippen LogP contribution in [0.15, 0.2) is 24.3 Å². The van der Waals surface area contributed by atoms with E-state index in [1.165, 1.54) is 19.1 Å². The van der Waals surface area contributed by atoms with Gasteiger partial charge in [-0.25, -0.2) is 14.2 Å². The lowest BCUT2D eigenvalue weighted by Crippen LogP contribution is -2.16. The first-order valence-electron chi connectivity index (χ1n) is 6.22. The largest absolute Gasteiger partial charge is 0.476 e. The van der Waals surface area contributed by atoms with Crippen molar-refractivity contribution >= 4 is 33.9 Å². The quantitative estimate of drug-likeness (QED) is 0.858. The van der Waals surface area contributed by atoms with Crippen LogP contribution in [-0.4, -0.2) is 28.4 Å². The molecule has 0 unspecified atom stereocenters. The van der Waals surface area contributed by atoms with E-state index >= 15 is 0 Å². The van der Waals surface area contributed by atoms with Gasteiger partial charge in [0.15, 0.2) is 16.6 Å². The zero-order chi connectivity index (χ0) is 15.6. The topological polar surface area (TPSA) is 70.5 Å². The summed E-state index contributed by atoms with van der Waals surface area (Å²) in [5, 5.41) is 9.51. The molecule has 5 nitrogen and oxygen atoms in total. The normalized spacial score (nSPS) is 10.4. The highest BCUT2D eigenvalue weighted by atomic mass is 32.1. The van der Waals surface area contributed by atoms with E-state index in [2.05, 4.69) is 4.98 Å². The number of carboxylic acid groups (broad SMARTS) is 1. The molecule has 0 fully saturated rings. The molecule has 0 radical (unpaired) electrons. The Morgan fingerprint density at radius 2 is 1.95 bits per heavy atom. The Kier molecular flexibility index (Phi) is 4.32. The molecule has 0 saturated heterocycles. The number of carbonyl (C=O) groups is 2. The van der Waals surface area contributed by atoms with E-state index in [-0.39, 0.29) is 22.2 Å². The van der Waals surface area contributed by atoms with Crippen LogP contribution in [-0.2, 0) is 0 Å². The third-order valence-electron chi connectivity index (χ3n) is 2.82. The smallest absolute Gasteiger partial charge is 0.356 e. The fourth-order valence-corrected chi connectivity index (χ4v) is 2.89. The van der Waals surface area contributed by atoms with Gasteiger partial charge in [-0.1, -0.05) is 11.3 Å². The lowest BCUT2D eigenvalue weighted by Gasteiger charge is -2.19. The number of aromatic nitrogens is 1. The number of benzene rings is 1. The minimum atomic E-state index is -1.24. The van der Waals surface area contributed by atoms with E-state index in [4.69, 9.17) is 5.11 Å². The standard InChI is InChI=1S/C14H13FN2O3S/c1-3-17(10-6-4-9(15)5-7-10)14-16-11(13(19)20)12(21-14)8(2)18/h4-7H,3H2,1-2H3,(H,19,20). The Balaban J connectivity index is 2.48. The van der Waals surface area contributed by atoms with E-state index in [1.54, 1.807) is 17.0 Å². The highest BCUT2D eigenvalue weighted by Gasteiger charge is 2.23. The molecule has 0 aliphatic rings. The monoisotopic (exact) mass is 308 g/mol. The van der Waals surface area contributed by atoms with Gasteiger partial charge in [-0.15, -0.1) is 0 Å². The molecule has 21 heavy (non-hydrogen) atoms. The molecule has 0 aliphatic heterocycles. The van der Waals surface area contributed by atoms with Gasteiger partial charge in [0.2, 0.25) is 0 Å². The second-order valence-electron chi connectivity index (χ2n) is 4.26. The molecule has 0 aliphatic carbocycles. The Labute approximate surface area is 124 Å². The maximum atomic E-state index is 13.0. The number of rotatable bonds is 5. The van der Waals surface area contributed by atoms with Crippen molar-refractivity contribution in [1.82, 2.24) is 4.98 Å². The fraction of sp³-hybridized carbons (Fsp3) is 0.214. The van der Waals surface area contributed by atoms with Crippen LogP contribution in [0.5, 0.6) is 0 Å². The van der Waals surface area contributed by atoms with Crippen LogP contribution in [0.3, 0.4) is 0 Å². The third-order valence-corrected chi connectivity index (χ3v) is 4.00. The average Bonchev–Trinajstić information content (AvgIpc) is 2.87. The van der Waals surface area contributed by atoms with Crippen molar-refractivity contribution in [2.45, 2.75) is 13.8 Å². The maximum Gasteiger partial charge on any atom is 0.356 e. The number of aromatic carboxylic acids is 1. The minimum Gasteiger partial charge on any atom is -0.476 e. The Morgan fingerprint density at radius 3 is 2.38 bits per heavy atom. The van der Waals surface area contributed by atoms with Gasteiger partial charge >= 0.3 is 5.97 Å². The van der Waals surface area contributed by atoms with Crippen LogP contribution in [0.25, 0.3) is 0 Å². The molecule has 1 heterocycles. The number of thiazole rings is 1. The number of carboxylic acids is 1. The number of anilines is 2. The molecule has 1 N–H and O–H groups in total. The van der Waals surface area contributed by atoms with E-state index in [1.807, 2.05) is 6.92 Å². The number of hydrogen-bond acceptors (Lipinski definition) is 5. The number of hydrogen-bond donors (Lipinski definition) is 1. The molecule has 0 saturated carbocycles. The lowest BCUT2D eigenvalue weighted by atomic mass is 10.3. The van der Waals surface area contributed by atoms with E-state index in [9.17, 15) is 14.0 Å². The first-order chi connectivity index (χ1) is 9.93. The highest BCUT2D eigenvalue weighted by Crippen LogP contribution is 2.32. The molecule has 0 amide bonds. The van der Waals surface area contributed by atoms with E-state index < -0.39 is 5.97 Å². The SMILES string of the molecule is CCN(c1ccc(F)cc1)c1nc(C(=O)O)c(C(C)=O)s1. The second kappa shape index (κ2) is 6.01. The van der Waals surface area contributed by atoms with Gasteiger partial charge in [-0.3, -0.25) is 4.79 Å². The summed E-state index contributed by atoms with van der Waals surface area (Å²) < 4.78 is 13.0. The van der Waals surface area contributed by atoms with Crippen LogP contribution in [0, 0.1) is 5.82 Å². The zero-order valence-electron chi connectivity index (χ0n) is 11.5. The summed E-state index contributed by atoms with van der Waals surface area (Å²) in [4.78, 5) is 28.5. The molecular weight excluding hydrogens is 295 g/mol. The Morgan fingerprint density at radius 1 is 1.33 bits per heavy atom. The number of halogens is 1. The van der Waals surface area contributed by atoms with Gasteiger partial charge in [0, 0.05) is 19.2 Å². The number of Topliss-reactive ketones (excluding diaryl/α,β-unsaturated/α-hetero) is 1. The summed E-state index contributed by atoms with van der Waals surface area (Å²) in [6, 6.07) is 5.79. The Bertz CT molecular complexity index is 651.